The van der Waals surface area contributed by atoms with Crippen LogP contribution in [0.1, 0.15) is 20.8 Å². The van der Waals surface area contributed by atoms with Crippen molar-refractivity contribution < 1.29 is 4.74 Å². The quantitative estimate of drug-likeness (QED) is 0.544. The van der Waals surface area contributed by atoms with Crippen molar-refractivity contribution in [2.24, 2.45) is 0 Å². The van der Waals surface area contributed by atoms with E-state index in [4.69, 9.17) is 4.74 Å². The van der Waals surface area contributed by atoms with Crippen LogP contribution in [0.25, 0.3) is 0 Å². The van der Waals surface area contributed by atoms with Gasteiger partial charge >= 0.3 is 0 Å². The summed E-state index contributed by atoms with van der Waals surface area (Å²) < 4.78 is 5.21. The largest absolute Gasteiger partial charge is 0.368 e. The molecule has 0 aliphatic heterocycles. The highest BCUT2D eigenvalue weighted by molar-refractivity contribution is 8.01. The third kappa shape index (κ3) is 4.47. The summed E-state index contributed by atoms with van der Waals surface area (Å²) in [6.45, 7) is 6.88. The number of ether oxygens (including phenoxy) is 1. The molecule has 49 valence electrons. The Bertz CT molecular complexity index is 41.8. The van der Waals surface area contributed by atoms with Gasteiger partial charge in [-0.2, -0.15) is 0 Å². The minimum absolute atomic E-state index is 0.324. The van der Waals surface area contributed by atoms with Crippen LogP contribution in [-0.2, 0) is 4.74 Å². The molecular weight excluding hydrogens is 120 g/mol. The van der Waals surface area contributed by atoms with E-state index >= 15 is 0 Å². The Hall–Kier alpha value is 0.310. The van der Waals surface area contributed by atoms with Crippen molar-refractivity contribution in [2.45, 2.75) is 26.2 Å². The molecule has 0 aliphatic rings. The average Bonchev–Trinajstić information content (AvgIpc) is 1.68. The third-order valence-electron chi connectivity index (χ3n) is 0.729. The molecule has 0 aromatic heterocycles. The molecule has 2 heteroatoms. The molecule has 0 spiro atoms. The van der Waals surface area contributed by atoms with Crippen LogP contribution in [0.2, 0.25) is 0 Å². The van der Waals surface area contributed by atoms with Gasteiger partial charge in [0.25, 0.3) is 0 Å². The Labute approximate surface area is 55.8 Å². The summed E-state index contributed by atoms with van der Waals surface area (Å²) in [5, 5.41) is 0. The lowest BCUT2D eigenvalue weighted by molar-refractivity contribution is 0.137. The lowest BCUT2D eigenvalue weighted by Crippen LogP contribution is -2.00. The van der Waals surface area contributed by atoms with E-state index in [2.05, 4.69) is 0 Å². The summed E-state index contributed by atoms with van der Waals surface area (Å²) in [4.78, 5) is 0. The average molecular weight is 133 g/mol. The summed E-state index contributed by atoms with van der Waals surface area (Å²) in [5.41, 5.74) is 0.324. The molecule has 1 atom stereocenters. The van der Waals surface area contributed by atoms with Crippen LogP contribution in [0.15, 0.2) is 0 Å². The monoisotopic (exact) mass is 133 g/mol. The molecular formula is C6H13OS. The molecule has 0 rings (SSSR count). The standard InChI is InChI=1S/C6H13OS/c1-4-7-6(3)8-5-2/h5-6H,4H2,1-3H3. The van der Waals surface area contributed by atoms with Gasteiger partial charge in [-0.3, -0.25) is 0 Å². The van der Waals surface area contributed by atoms with Crippen LogP contribution >= 0.6 is 11.8 Å². The maximum atomic E-state index is 5.21. The van der Waals surface area contributed by atoms with E-state index in [9.17, 15) is 0 Å². The van der Waals surface area contributed by atoms with E-state index in [1.807, 2.05) is 26.5 Å². The van der Waals surface area contributed by atoms with Gasteiger partial charge < -0.3 is 4.74 Å². The van der Waals surface area contributed by atoms with Crippen molar-refractivity contribution in [1.29, 1.82) is 0 Å². The molecule has 0 bridgehead atoms. The minimum atomic E-state index is 0.324. The summed E-state index contributed by atoms with van der Waals surface area (Å²) in [5.74, 6) is 2.04. The molecule has 0 aromatic carbocycles. The van der Waals surface area contributed by atoms with Crippen molar-refractivity contribution in [1.82, 2.24) is 0 Å². The fourth-order valence-corrected chi connectivity index (χ4v) is 1.06. The summed E-state index contributed by atoms with van der Waals surface area (Å²) in [6, 6.07) is 0. The Morgan fingerprint density at radius 2 is 2.38 bits per heavy atom. The van der Waals surface area contributed by atoms with Gasteiger partial charge in [0.15, 0.2) is 0 Å². The molecule has 1 radical (unpaired) electrons. The normalized spacial score (nSPS) is 13.9. The van der Waals surface area contributed by atoms with Crippen LogP contribution in [0.4, 0.5) is 0 Å². The zero-order valence-corrected chi connectivity index (χ0v) is 6.49. The molecule has 0 aliphatic carbocycles. The maximum Gasteiger partial charge on any atom is 0.100 e. The van der Waals surface area contributed by atoms with Gasteiger partial charge in [0.1, 0.15) is 5.44 Å². The predicted molar refractivity (Wildman–Crippen MR) is 38.7 cm³/mol. The van der Waals surface area contributed by atoms with Crippen molar-refractivity contribution >= 4 is 11.8 Å². The van der Waals surface area contributed by atoms with E-state index in [-0.39, 0.29) is 0 Å². The van der Waals surface area contributed by atoms with E-state index < -0.39 is 0 Å². The van der Waals surface area contributed by atoms with Gasteiger partial charge in [-0.05, 0) is 13.8 Å². The molecule has 0 saturated heterocycles. The van der Waals surface area contributed by atoms with Crippen LogP contribution in [0.3, 0.4) is 0 Å². The SMILES string of the molecule is C[CH]SC(C)OCC. The predicted octanol–water partition coefficient (Wildman–Crippen LogP) is 2.28. The van der Waals surface area contributed by atoms with Crippen molar-refractivity contribution in [3.05, 3.63) is 5.75 Å². The molecule has 0 amide bonds. The maximum absolute atomic E-state index is 5.21. The Morgan fingerprint density at radius 1 is 1.75 bits per heavy atom. The third-order valence-corrected chi connectivity index (χ3v) is 1.52. The molecule has 1 unspecified atom stereocenters. The molecule has 8 heavy (non-hydrogen) atoms. The lowest BCUT2D eigenvalue weighted by atomic mass is 10.8. The van der Waals surface area contributed by atoms with Gasteiger partial charge in [-0.15, -0.1) is 11.8 Å². The summed E-state index contributed by atoms with van der Waals surface area (Å²) in [7, 11) is 0. The zero-order chi connectivity index (χ0) is 6.41. The van der Waals surface area contributed by atoms with Crippen molar-refractivity contribution in [3.63, 3.8) is 0 Å². The molecule has 0 aromatic rings. The highest BCUT2D eigenvalue weighted by Crippen LogP contribution is 2.13. The second kappa shape index (κ2) is 5.45. The first kappa shape index (κ1) is 8.31. The molecule has 0 fully saturated rings. The number of hydrogen-bond donors (Lipinski definition) is 0. The minimum Gasteiger partial charge on any atom is -0.368 e. The summed E-state index contributed by atoms with van der Waals surface area (Å²) in [6.07, 6.45) is 0. The highest BCUT2D eigenvalue weighted by atomic mass is 32.2. The molecule has 0 saturated carbocycles. The first-order valence-electron chi connectivity index (χ1n) is 2.86. The van der Waals surface area contributed by atoms with Gasteiger partial charge in [-0.1, -0.05) is 6.92 Å². The molecule has 0 heterocycles. The van der Waals surface area contributed by atoms with Gasteiger partial charge in [0.2, 0.25) is 0 Å². The number of thioether (sulfide) groups is 1. The lowest BCUT2D eigenvalue weighted by Gasteiger charge is -2.07. The second-order valence-electron chi connectivity index (χ2n) is 1.39. The Morgan fingerprint density at radius 3 is 2.75 bits per heavy atom. The second-order valence-corrected chi connectivity index (χ2v) is 2.80. The van der Waals surface area contributed by atoms with Crippen LogP contribution < -0.4 is 0 Å². The first-order chi connectivity index (χ1) is 3.81. The van der Waals surface area contributed by atoms with Crippen LogP contribution in [0.5, 0.6) is 0 Å². The van der Waals surface area contributed by atoms with E-state index in [1.54, 1.807) is 11.8 Å². The van der Waals surface area contributed by atoms with Crippen LogP contribution in [0, 0.1) is 5.75 Å². The van der Waals surface area contributed by atoms with Gasteiger partial charge in [0, 0.05) is 12.4 Å². The van der Waals surface area contributed by atoms with Gasteiger partial charge in [-0.25, -0.2) is 0 Å². The zero-order valence-electron chi connectivity index (χ0n) is 5.68. The number of hydrogen-bond acceptors (Lipinski definition) is 2. The first-order valence-corrected chi connectivity index (χ1v) is 3.80. The topological polar surface area (TPSA) is 9.23 Å². The van der Waals surface area contributed by atoms with E-state index in [1.165, 1.54) is 0 Å². The molecule has 0 N–H and O–H groups in total. The van der Waals surface area contributed by atoms with E-state index in [0.717, 1.165) is 6.61 Å². The Kier molecular flexibility index (Phi) is 5.66. The number of rotatable bonds is 4. The van der Waals surface area contributed by atoms with E-state index in [0.29, 0.717) is 5.44 Å². The fourth-order valence-electron chi connectivity index (χ4n) is 0.466. The van der Waals surface area contributed by atoms with Crippen LogP contribution in [-0.4, -0.2) is 12.0 Å². The fraction of sp³-hybridized carbons (Fsp3) is 0.833. The summed E-state index contributed by atoms with van der Waals surface area (Å²) >= 11 is 1.71. The highest BCUT2D eigenvalue weighted by Gasteiger charge is 1.95. The van der Waals surface area contributed by atoms with Crippen molar-refractivity contribution in [2.75, 3.05) is 6.61 Å². The van der Waals surface area contributed by atoms with Crippen molar-refractivity contribution in [3.8, 4) is 0 Å². The van der Waals surface area contributed by atoms with Gasteiger partial charge in [0.05, 0.1) is 0 Å². The Balaban J connectivity index is 2.92. The molecule has 1 nitrogen and oxygen atoms in total. The smallest absolute Gasteiger partial charge is 0.100 e.